The van der Waals surface area contributed by atoms with Crippen molar-refractivity contribution < 1.29 is 14.3 Å². The number of oxazole rings is 1. The van der Waals surface area contributed by atoms with Gasteiger partial charge in [0.25, 0.3) is 0 Å². The average molecular weight is 347 g/mol. The van der Waals surface area contributed by atoms with Crippen LogP contribution >= 0.6 is 0 Å². The highest BCUT2D eigenvalue weighted by molar-refractivity contribution is 5.93. The van der Waals surface area contributed by atoms with E-state index < -0.39 is 5.97 Å². The van der Waals surface area contributed by atoms with Crippen LogP contribution in [-0.2, 0) is 11.2 Å². The van der Waals surface area contributed by atoms with Gasteiger partial charge in [-0.25, -0.2) is 9.78 Å². The molecule has 1 N–H and O–H groups in total. The summed E-state index contributed by atoms with van der Waals surface area (Å²) in [6, 6.07) is 6.27. The van der Waals surface area contributed by atoms with Crippen LogP contribution in [0.2, 0.25) is 0 Å². The molecule has 1 aromatic carbocycles. The lowest BCUT2D eigenvalue weighted by atomic mass is 9.89. The number of allylic oxidation sites excluding steroid dienone is 4. The molecule has 3 rings (SSSR count). The van der Waals surface area contributed by atoms with Crippen LogP contribution in [0.5, 0.6) is 0 Å². The Morgan fingerprint density at radius 3 is 2.92 bits per heavy atom. The van der Waals surface area contributed by atoms with Crippen molar-refractivity contribution in [3.8, 4) is 11.3 Å². The Bertz CT molecular complexity index is 944. The van der Waals surface area contributed by atoms with Crippen molar-refractivity contribution in [3.05, 3.63) is 77.9 Å². The molecule has 1 heterocycles. The number of rotatable bonds is 5. The number of benzene rings is 1. The quantitative estimate of drug-likeness (QED) is 0.600. The van der Waals surface area contributed by atoms with Crippen molar-refractivity contribution in [2.45, 2.75) is 20.3 Å². The zero-order chi connectivity index (χ0) is 18.7. The van der Waals surface area contributed by atoms with E-state index in [0.29, 0.717) is 17.4 Å². The van der Waals surface area contributed by atoms with Gasteiger partial charge in [-0.3, -0.25) is 0 Å². The van der Waals surface area contributed by atoms with E-state index in [1.54, 1.807) is 12.3 Å². The maximum Gasteiger partial charge on any atom is 0.335 e. The molecule has 0 aliphatic heterocycles. The maximum atomic E-state index is 11.2. The van der Waals surface area contributed by atoms with E-state index >= 15 is 0 Å². The lowest BCUT2D eigenvalue weighted by molar-refractivity contribution is -0.132. The number of hydrogen-bond donors (Lipinski definition) is 1. The highest BCUT2D eigenvalue weighted by Gasteiger charge is 2.14. The largest absolute Gasteiger partial charge is 0.478 e. The van der Waals surface area contributed by atoms with Crippen molar-refractivity contribution in [1.82, 2.24) is 4.98 Å². The first-order valence-electron chi connectivity index (χ1n) is 8.53. The lowest BCUT2D eigenvalue weighted by Crippen LogP contribution is -2.03. The minimum absolute atomic E-state index is 0.0902. The number of hydrogen-bond acceptors (Lipinski definition) is 3. The second kappa shape index (κ2) is 7.40. The normalized spacial score (nSPS) is 17.1. The molecule has 0 spiro atoms. The first-order chi connectivity index (χ1) is 12.5. The van der Waals surface area contributed by atoms with Crippen LogP contribution in [0.3, 0.4) is 0 Å². The third kappa shape index (κ3) is 3.59. The summed E-state index contributed by atoms with van der Waals surface area (Å²) >= 11 is 0. The van der Waals surface area contributed by atoms with Gasteiger partial charge in [-0.05, 0) is 42.5 Å². The van der Waals surface area contributed by atoms with Crippen LogP contribution in [0.15, 0.2) is 65.3 Å². The van der Waals surface area contributed by atoms with Crippen LogP contribution in [-0.4, -0.2) is 16.1 Å². The molecule has 2 aromatic rings. The molecule has 1 unspecified atom stereocenters. The van der Waals surface area contributed by atoms with E-state index in [1.165, 1.54) is 23.3 Å². The van der Waals surface area contributed by atoms with Crippen LogP contribution in [0, 0.1) is 5.92 Å². The highest BCUT2D eigenvalue weighted by Crippen LogP contribution is 2.29. The summed E-state index contributed by atoms with van der Waals surface area (Å²) in [5.74, 6) is -0.129. The first-order valence-corrected chi connectivity index (χ1v) is 8.53. The molecule has 0 saturated carbocycles. The van der Waals surface area contributed by atoms with E-state index in [2.05, 4.69) is 42.8 Å². The molecule has 4 heteroatoms. The predicted molar refractivity (Wildman–Crippen MR) is 103 cm³/mol. The van der Waals surface area contributed by atoms with Gasteiger partial charge in [-0.15, -0.1) is 0 Å². The zero-order valence-corrected chi connectivity index (χ0v) is 14.9. The number of carboxylic acid groups (broad SMARTS) is 1. The Balaban J connectivity index is 1.93. The zero-order valence-electron chi connectivity index (χ0n) is 14.9. The number of aliphatic carboxylic acids is 1. The van der Waals surface area contributed by atoms with Crippen molar-refractivity contribution in [2.24, 2.45) is 5.92 Å². The van der Waals surface area contributed by atoms with Gasteiger partial charge in [0, 0.05) is 11.1 Å². The Morgan fingerprint density at radius 2 is 2.23 bits per heavy atom. The smallest absolute Gasteiger partial charge is 0.335 e. The van der Waals surface area contributed by atoms with Crippen LogP contribution in [0.25, 0.3) is 22.9 Å². The van der Waals surface area contributed by atoms with E-state index in [-0.39, 0.29) is 5.57 Å². The lowest BCUT2D eigenvalue weighted by Gasteiger charge is -2.16. The van der Waals surface area contributed by atoms with Crippen molar-refractivity contribution >= 4 is 17.6 Å². The summed E-state index contributed by atoms with van der Waals surface area (Å²) < 4.78 is 5.60. The van der Waals surface area contributed by atoms with Crippen molar-refractivity contribution in [1.29, 1.82) is 0 Å². The molecule has 1 atom stereocenters. The molecular formula is C22H21NO3. The Kier molecular flexibility index (Phi) is 5.03. The standard InChI is InChI=1S/C22H21NO3/c1-4-15(11-16(5-2)22(24)25)21-23-20(13-26-21)18-9-8-17-7-6-14(3)10-19(17)12-18/h4-9,11-14H,2,10H2,1,3H3,(H,24,25)/b15-4+,16-11+. The third-order valence-corrected chi connectivity index (χ3v) is 4.42. The van der Waals surface area contributed by atoms with E-state index in [4.69, 9.17) is 9.52 Å². The second-order valence-corrected chi connectivity index (χ2v) is 6.34. The maximum absolute atomic E-state index is 11.2. The summed E-state index contributed by atoms with van der Waals surface area (Å²) in [7, 11) is 0. The Morgan fingerprint density at radius 1 is 1.42 bits per heavy atom. The first kappa shape index (κ1) is 17.7. The summed E-state index contributed by atoms with van der Waals surface area (Å²) in [6.07, 6.45) is 11.6. The van der Waals surface area contributed by atoms with E-state index in [0.717, 1.165) is 17.7 Å². The minimum atomic E-state index is -1.04. The fourth-order valence-corrected chi connectivity index (χ4v) is 2.97. The monoisotopic (exact) mass is 347 g/mol. The molecule has 0 saturated heterocycles. The van der Waals surface area contributed by atoms with Gasteiger partial charge in [-0.1, -0.05) is 49.9 Å². The molecule has 0 fully saturated rings. The predicted octanol–water partition coefficient (Wildman–Crippen LogP) is 5.15. The highest BCUT2D eigenvalue weighted by atomic mass is 16.4. The van der Waals surface area contributed by atoms with Crippen LogP contribution in [0.4, 0.5) is 0 Å². The molecule has 1 aromatic heterocycles. The van der Waals surface area contributed by atoms with E-state index in [9.17, 15) is 4.79 Å². The molecule has 0 amide bonds. The average Bonchev–Trinajstić information content (AvgIpc) is 3.11. The number of carbonyl (C=O) groups is 1. The number of nitrogens with zero attached hydrogens (tertiary/aromatic N) is 1. The van der Waals surface area contributed by atoms with Gasteiger partial charge in [-0.2, -0.15) is 0 Å². The molecule has 0 radical (unpaired) electrons. The van der Waals surface area contributed by atoms with Crippen molar-refractivity contribution in [2.75, 3.05) is 0 Å². The fraction of sp³-hybridized carbons (Fsp3) is 0.182. The number of carboxylic acids is 1. The molecule has 26 heavy (non-hydrogen) atoms. The van der Waals surface area contributed by atoms with Crippen LogP contribution in [0.1, 0.15) is 30.9 Å². The Hall–Kier alpha value is -3.14. The van der Waals surface area contributed by atoms with Gasteiger partial charge in [0.05, 0.1) is 5.57 Å². The van der Waals surface area contributed by atoms with Crippen molar-refractivity contribution in [3.63, 3.8) is 0 Å². The second-order valence-electron chi connectivity index (χ2n) is 6.34. The van der Waals surface area contributed by atoms with Gasteiger partial charge >= 0.3 is 5.97 Å². The molecule has 132 valence electrons. The summed E-state index contributed by atoms with van der Waals surface area (Å²) in [4.78, 5) is 15.7. The van der Waals surface area contributed by atoms with Gasteiger partial charge in [0.15, 0.2) is 0 Å². The Labute approximate surface area is 152 Å². The molecule has 1 aliphatic rings. The number of aromatic nitrogens is 1. The molecule has 0 bridgehead atoms. The van der Waals surface area contributed by atoms with Gasteiger partial charge < -0.3 is 9.52 Å². The van der Waals surface area contributed by atoms with Gasteiger partial charge in [0.2, 0.25) is 5.89 Å². The molecule has 1 aliphatic carbocycles. The van der Waals surface area contributed by atoms with Gasteiger partial charge in [0.1, 0.15) is 12.0 Å². The summed E-state index contributed by atoms with van der Waals surface area (Å²) in [5, 5.41) is 9.16. The number of fused-ring (bicyclic) bond motifs is 1. The molecule has 4 nitrogen and oxygen atoms in total. The third-order valence-electron chi connectivity index (χ3n) is 4.42. The SMILES string of the molecule is C=C/C(=C\C(=C/C)c1nc(-c2ccc3c(c2)CC(C)C=C3)co1)C(=O)O. The fourth-order valence-electron chi connectivity index (χ4n) is 2.97. The van der Waals surface area contributed by atoms with E-state index in [1.807, 2.05) is 13.0 Å². The van der Waals surface area contributed by atoms with Crippen LogP contribution < -0.4 is 0 Å². The summed E-state index contributed by atoms with van der Waals surface area (Å²) in [6.45, 7) is 7.54. The topological polar surface area (TPSA) is 63.3 Å². The minimum Gasteiger partial charge on any atom is -0.478 e. The summed E-state index contributed by atoms with van der Waals surface area (Å²) in [5.41, 5.74) is 4.95. The molecular weight excluding hydrogens is 326 g/mol.